The Labute approximate surface area is 138 Å². The fourth-order valence-corrected chi connectivity index (χ4v) is 2.49. The molecular weight excluding hydrogens is 384 g/mol. The minimum Gasteiger partial charge on any atom is -0.433 e. The number of aromatic nitrogens is 2. The zero-order valence-electron chi connectivity index (χ0n) is 11.3. The predicted molar refractivity (Wildman–Crippen MR) is 81.6 cm³/mol. The Bertz CT molecular complexity index is 694. The van der Waals surface area contributed by atoms with Gasteiger partial charge in [-0.25, -0.2) is 0 Å². The Kier molecular flexibility index (Phi) is 5.36. The molecule has 1 N–H and O–H groups in total. The molecule has 0 aliphatic heterocycles. The number of halogens is 4. The molecule has 0 saturated heterocycles. The number of rotatable bonds is 5. The molecule has 0 fully saturated rings. The maximum atomic E-state index is 12.3. The van der Waals surface area contributed by atoms with Gasteiger partial charge in [-0.2, -0.15) is 13.9 Å². The van der Waals surface area contributed by atoms with E-state index in [1.807, 2.05) is 6.92 Å². The van der Waals surface area contributed by atoms with E-state index in [0.29, 0.717) is 22.4 Å². The first-order chi connectivity index (χ1) is 10.4. The highest BCUT2D eigenvalue weighted by Gasteiger charge is 2.17. The second-order valence-electron chi connectivity index (χ2n) is 4.13. The van der Waals surface area contributed by atoms with Gasteiger partial charge in [0.15, 0.2) is 0 Å². The van der Waals surface area contributed by atoms with Gasteiger partial charge >= 0.3 is 6.61 Å². The summed E-state index contributed by atoms with van der Waals surface area (Å²) in [5, 5.41) is 6.64. The molecule has 9 heteroatoms. The highest BCUT2D eigenvalue weighted by atomic mass is 79.9. The molecule has 0 aliphatic rings. The normalized spacial score (nSPS) is 10.8. The van der Waals surface area contributed by atoms with Crippen molar-refractivity contribution in [3.05, 3.63) is 39.6 Å². The first-order valence-corrected chi connectivity index (χ1v) is 7.36. The van der Waals surface area contributed by atoms with E-state index >= 15 is 0 Å². The first kappa shape index (κ1) is 16.7. The summed E-state index contributed by atoms with van der Waals surface area (Å²) in [5.74, 6) is -0.556. The average Bonchev–Trinajstić information content (AvgIpc) is 2.82. The van der Waals surface area contributed by atoms with E-state index in [0.717, 1.165) is 0 Å². The number of carbonyl (C=O) groups is 1. The van der Waals surface area contributed by atoms with Gasteiger partial charge in [-0.1, -0.05) is 11.6 Å². The van der Waals surface area contributed by atoms with Crippen LogP contribution in [-0.4, -0.2) is 22.3 Å². The SMILES string of the molecule is CCn1ncc(Br)c1C(=O)Nc1ccc(OC(F)F)c(Cl)c1. The van der Waals surface area contributed by atoms with Crippen molar-refractivity contribution in [3.8, 4) is 5.75 Å². The number of hydrogen-bond donors (Lipinski definition) is 1. The van der Waals surface area contributed by atoms with Crippen molar-refractivity contribution in [3.63, 3.8) is 0 Å². The van der Waals surface area contributed by atoms with Crippen LogP contribution < -0.4 is 10.1 Å². The van der Waals surface area contributed by atoms with Crippen molar-refractivity contribution in [2.75, 3.05) is 5.32 Å². The number of benzene rings is 1. The van der Waals surface area contributed by atoms with Crippen LogP contribution in [0.4, 0.5) is 14.5 Å². The molecule has 1 amide bonds. The second kappa shape index (κ2) is 7.06. The minimum absolute atomic E-state index is 0.0267. The maximum absolute atomic E-state index is 12.3. The van der Waals surface area contributed by atoms with E-state index in [2.05, 4.69) is 31.1 Å². The number of amides is 1. The highest BCUT2D eigenvalue weighted by Crippen LogP contribution is 2.29. The van der Waals surface area contributed by atoms with Gasteiger partial charge in [-0.05, 0) is 41.1 Å². The summed E-state index contributed by atoms with van der Waals surface area (Å²) in [6, 6.07) is 4.01. The molecule has 118 valence electrons. The lowest BCUT2D eigenvalue weighted by Gasteiger charge is -2.10. The number of hydrogen-bond acceptors (Lipinski definition) is 3. The molecule has 1 aromatic heterocycles. The van der Waals surface area contributed by atoms with Gasteiger partial charge in [0.05, 0.1) is 15.7 Å². The lowest BCUT2D eigenvalue weighted by atomic mass is 10.3. The Morgan fingerprint density at radius 1 is 1.55 bits per heavy atom. The third-order valence-electron chi connectivity index (χ3n) is 2.72. The number of nitrogens with zero attached hydrogens (tertiary/aromatic N) is 2. The van der Waals surface area contributed by atoms with Gasteiger partial charge in [-0.3, -0.25) is 9.48 Å². The summed E-state index contributed by atoms with van der Waals surface area (Å²) in [6.45, 7) is -0.590. The van der Waals surface area contributed by atoms with Crippen LogP contribution in [-0.2, 0) is 6.54 Å². The monoisotopic (exact) mass is 393 g/mol. The first-order valence-electron chi connectivity index (χ1n) is 6.19. The summed E-state index contributed by atoms with van der Waals surface area (Å²) in [7, 11) is 0. The fourth-order valence-electron chi connectivity index (χ4n) is 1.79. The van der Waals surface area contributed by atoms with Crippen molar-refractivity contribution < 1.29 is 18.3 Å². The van der Waals surface area contributed by atoms with E-state index in [1.165, 1.54) is 29.1 Å². The molecule has 2 aromatic rings. The number of carbonyl (C=O) groups excluding carboxylic acids is 1. The van der Waals surface area contributed by atoms with Crippen LogP contribution in [0.5, 0.6) is 5.75 Å². The Morgan fingerprint density at radius 2 is 2.27 bits per heavy atom. The van der Waals surface area contributed by atoms with E-state index in [1.54, 1.807) is 0 Å². The van der Waals surface area contributed by atoms with Crippen LogP contribution in [0.3, 0.4) is 0 Å². The molecule has 5 nitrogen and oxygen atoms in total. The predicted octanol–water partition coefficient (Wildman–Crippen LogP) is 4.17. The summed E-state index contributed by atoms with van der Waals surface area (Å²) in [6.07, 6.45) is 1.52. The number of nitrogens with one attached hydrogen (secondary N) is 1. The maximum Gasteiger partial charge on any atom is 0.387 e. The van der Waals surface area contributed by atoms with Gasteiger partial charge in [0.2, 0.25) is 0 Å². The van der Waals surface area contributed by atoms with E-state index < -0.39 is 12.5 Å². The number of aryl methyl sites for hydroxylation is 1. The highest BCUT2D eigenvalue weighted by molar-refractivity contribution is 9.10. The summed E-state index contributed by atoms with van der Waals surface area (Å²) in [4.78, 5) is 12.3. The third-order valence-corrected chi connectivity index (χ3v) is 3.59. The van der Waals surface area contributed by atoms with Crippen LogP contribution in [0.25, 0.3) is 0 Å². The lowest BCUT2D eigenvalue weighted by Crippen LogP contribution is -2.18. The van der Waals surface area contributed by atoms with Crippen LogP contribution in [0.2, 0.25) is 5.02 Å². The lowest BCUT2D eigenvalue weighted by molar-refractivity contribution is -0.0497. The largest absolute Gasteiger partial charge is 0.433 e. The molecular formula is C13H11BrClF2N3O2. The molecule has 0 atom stereocenters. The summed E-state index contributed by atoms with van der Waals surface area (Å²) >= 11 is 9.09. The Morgan fingerprint density at radius 3 is 2.86 bits per heavy atom. The smallest absolute Gasteiger partial charge is 0.387 e. The number of ether oxygens (including phenoxy) is 1. The van der Waals surface area contributed by atoms with Crippen molar-refractivity contribution in [1.29, 1.82) is 0 Å². The molecule has 0 radical (unpaired) electrons. The van der Waals surface area contributed by atoms with Crippen LogP contribution in [0, 0.1) is 0 Å². The van der Waals surface area contributed by atoms with Crippen molar-refractivity contribution in [2.45, 2.75) is 20.1 Å². The standard InChI is InChI=1S/C13H11BrClF2N3O2/c1-2-20-11(8(14)6-18-20)12(21)19-7-3-4-10(9(15)5-7)22-13(16)17/h3-6,13H,2H2,1H3,(H,19,21). The van der Waals surface area contributed by atoms with E-state index in [-0.39, 0.29) is 10.8 Å². The summed E-state index contributed by atoms with van der Waals surface area (Å²) < 4.78 is 30.6. The van der Waals surface area contributed by atoms with E-state index in [9.17, 15) is 13.6 Å². The zero-order chi connectivity index (χ0) is 16.3. The molecule has 0 spiro atoms. The fraction of sp³-hybridized carbons (Fsp3) is 0.231. The Balaban J connectivity index is 2.18. The van der Waals surface area contributed by atoms with Crippen LogP contribution in [0.1, 0.15) is 17.4 Å². The zero-order valence-corrected chi connectivity index (χ0v) is 13.7. The molecule has 1 heterocycles. The average molecular weight is 395 g/mol. The number of alkyl halides is 2. The van der Waals surface area contributed by atoms with Gasteiger partial charge in [0.25, 0.3) is 5.91 Å². The van der Waals surface area contributed by atoms with Crippen molar-refractivity contribution in [1.82, 2.24) is 9.78 Å². The van der Waals surface area contributed by atoms with Crippen LogP contribution >= 0.6 is 27.5 Å². The van der Waals surface area contributed by atoms with Crippen molar-refractivity contribution >= 4 is 39.1 Å². The molecule has 0 saturated carbocycles. The van der Waals surface area contributed by atoms with Crippen LogP contribution in [0.15, 0.2) is 28.9 Å². The Hall–Kier alpha value is -1.67. The van der Waals surface area contributed by atoms with Gasteiger partial charge < -0.3 is 10.1 Å². The molecule has 22 heavy (non-hydrogen) atoms. The van der Waals surface area contributed by atoms with Gasteiger partial charge in [0, 0.05) is 12.2 Å². The molecule has 1 aromatic carbocycles. The third kappa shape index (κ3) is 3.75. The minimum atomic E-state index is -2.96. The molecule has 0 bridgehead atoms. The molecule has 0 aliphatic carbocycles. The van der Waals surface area contributed by atoms with Gasteiger partial charge in [0.1, 0.15) is 11.4 Å². The number of anilines is 1. The molecule has 2 rings (SSSR count). The quantitative estimate of drug-likeness (QED) is 0.828. The van der Waals surface area contributed by atoms with E-state index in [4.69, 9.17) is 11.6 Å². The second-order valence-corrected chi connectivity index (χ2v) is 5.40. The summed E-state index contributed by atoms with van der Waals surface area (Å²) in [5.41, 5.74) is 0.707. The van der Waals surface area contributed by atoms with Crippen molar-refractivity contribution in [2.24, 2.45) is 0 Å². The topological polar surface area (TPSA) is 56.2 Å². The molecule has 0 unspecified atom stereocenters. The van der Waals surface area contributed by atoms with Gasteiger partial charge in [-0.15, -0.1) is 0 Å².